The van der Waals surface area contributed by atoms with Gasteiger partial charge in [-0.1, -0.05) is 0 Å². The van der Waals surface area contributed by atoms with Crippen LogP contribution in [-0.4, -0.2) is 53.6 Å². The third kappa shape index (κ3) is 5.91. The minimum atomic E-state index is -4.84. The summed E-state index contributed by atoms with van der Waals surface area (Å²) in [5.41, 5.74) is 6.44. The Balaban J connectivity index is 0.00000342. The Labute approximate surface area is 203 Å². The highest BCUT2D eigenvalue weighted by atomic mass is 35.5. The number of halogens is 4. The molecule has 1 fully saturated rings. The van der Waals surface area contributed by atoms with Crippen LogP contribution in [0, 0.1) is 0 Å². The SMILES string of the molecule is Cl.Nc1nccc2cc(NC(=O)C(O)[C@H]3OCCN(c4ccc(OC(F)(F)F)cc4)C3=O)ccc12. The average Bonchev–Trinajstić information content (AvgIpc) is 2.78. The molecule has 1 unspecified atom stereocenters. The Kier molecular flexibility index (Phi) is 7.68. The van der Waals surface area contributed by atoms with Crippen molar-refractivity contribution < 1.29 is 37.3 Å². The van der Waals surface area contributed by atoms with Gasteiger partial charge in [-0.3, -0.25) is 9.59 Å². The number of aromatic nitrogens is 1. The summed E-state index contributed by atoms with van der Waals surface area (Å²) >= 11 is 0. The van der Waals surface area contributed by atoms with Crippen molar-refractivity contribution in [2.24, 2.45) is 0 Å². The second kappa shape index (κ2) is 10.3. The zero-order chi connectivity index (χ0) is 24.5. The van der Waals surface area contributed by atoms with Crippen molar-refractivity contribution in [3.8, 4) is 5.75 Å². The Morgan fingerprint density at radius 1 is 1.23 bits per heavy atom. The van der Waals surface area contributed by atoms with Gasteiger partial charge in [0.2, 0.25) is 0 Å². The highest BCUT2D eigenvalue weighted by Gasteiger charge is 2.39. The van der Waals surface area contributed by atoms with Crippen LogP contribution in [0.25, 0.3) is 10.8 Å². The molecule has 35 heavy (non-hydrogen) atoms. The van der Waals surface area contributed by atoms with Gasteiger partial charge >= 0.3 is 6.36 Å². The van der Waals surface area contributed by atoms with E-state index in [-0.39, 0.29) is 31.2 Å². The topological polar surface area (TPSA) is 127 Å². The van der Waals surface area contributed by atoms with Gasteiger partial charge in [0.15, 0.2) is 12.2 Å². The summed E-state index contributed by atoms with van der Waals surface area (Å²) in [7, 11) is 0. The maximum atomic E-state index is 12.9. The van der Waals surface area contributed by atoms with E-state index in [0.717, 1.165) is 12.1 Å². The number of aliphatic hydroxyl groups excluding tert-OH is 1. The van der Waals surface area contributed by atoms with Crippen molar-refractivity contribution in [3.05, 3.63) is 54.7 Å². The van der Waals surface area contributed by atoms with Gasteiger partial charge in [0, 0.05) is 29.5 Å². The molecule has 1 aliphatic heterocycles. The molecule has 2 aromatic carbocycles. The van der Waals surface area contributed by atoms with Gasteiger partial charge in [-0.25, -0.2) is 4.98 Å². The molecule has 0 spiro atoms. The van der Waals surface area contributed by atoms with E-state index in [9.17, 15) is 27.9 Å². The number of hydrogen-bond acceptors (Lipinski definition) is 7. The zero-order valence-electron chi connectivity index (χ0n) is 17.9. The molecule has 186 valence electrons. The van der Waals surface area contributed by atoms with Crippen molar-refractivity contribution in [1.29, 1.82) is 0 Å². The molecule has 13 heteroatoms. The lowest BCUT2D eigenvalue weighted by Gasteiger charge is -2.34. The fourth-order valence-corrected chi connectivity index (χ4v) is 3.55. The lowest BCUT2D eigenvalue weighted by atomic mass is 10.1. The molecule has 4 rings (SSSR count). The number of rotatable bonds is 5. The molecule has 0 saturated carbocycles. The number of hydrogen-bond donors (Lipinski definition) is 3. The molecular formula is C22H20ClF3N4O5. The standard InChI is InChI=1S/C22H19F3N4O5.ClH/c23-22(24,25)34-15-4-2-14(3-5-15)29-9-10-33-18(21(29)32)17(30)20(31)28-13-1-6-16-12(11-13)7-8-27-19(16)26;/h1-8,11,17-18,30H,9-10H2,(H2,26,27)(H,28,31);1H/t17?,18-;/m1./s1. The lowest BCUT2D eigenvalue weighted by molar-refractivity contribution is -0.274. The number of benzene rings is 2. The first-order valence-corrected chi connectivity index (χ1v) is 10.0. The molecule has 0 aliphatic carbocycles. The van der Waals surface area contributed by atoms with Crippen molar-refractivity contribution in [2.75, 3.05) is 29.1 Å². The number of anilines is 3. The number of carbonyl (C=O) groups is 2. The van der Waals surface area contributed by atoms with Crippen LogP contribution >= 0.6 is 12.4 Å². The predicted octanol–water partition coefficient (Wildman–Crippen LogP) is 2.87. The van der Waals surface area contributed by atoms with Gasteiger partial charge in [-0.15, -0.1) is 25.6 Å². The molecule has 3 aromatic rings. The van der Waals surface area contributed by atoms with E-state index >= 15 is 0 Å². The van der Waals surface area contributed by atoms with Crippen LogP contribution < -0.4 is 20.7 Å². The Morgan fingerprint density at radius 3 is 2.63 bits per heavy atom. The van der Waals surface area contributed by atoms with Crippen molar-refractivity contribution in [3.63, 3.8) is 0 Å². The molecule has 0 radical (unpaired) electrons. The van der Waals surface area contributed by atoms with E-state index in [1.54, 1.807) is 24.3 Å². The van der Waals surface area contributed by atoms with Crippen LogP contribution in [-0.2, 0) is 14.3 Å². The molecule has 4 N–H and O–H groups in total. The summed E-state index contributed by atoms with van der Waals surface area (Å²) < 4.78 is 46.2. The first-order chi connectivity index (χ1) is 16.1. The van der Waals surface area contributed by atoms with Crippen molar-refractivity contribution in [2.45, 2.75) is 18.6 Å². The summed E-state index contributed by atoms with van der Waals surface area (Å²) in [6.07, 6.45) is -6.65. The Morgan fingerprint density at radius 2 is 1.94 bits per heavy atom. The number of aliphatic hydroxyl groups is 1. The van der Waals surface area contributed by atoms with Crippen LogP contribution in [0.3, 0.4) is 0 Å². The van der Waals surface area contributed by atoms with Crippen molar-refractivity contribution >= 4 is 52.2 Å². The normalized spacial score (nSPS) is 17.0. The minimum absolute atomic E-state index is 0. The molecular weight excluding hydrogens is 493 g/mol. The highest BCUT2D eigenvalue weighted by Crippen LogP contribution is 2.27. The van der Waals surface area contributed by atoms with Gasteiger partial charge in [0.25, 0.3) is 11.8 Å². The molecule has 9 nitrogen and oxygen atoms in total. The Hall–Kier alpha value is -3.61. The first-order valence-electron chi connectivity index (χ1n) is 10.0. The molecule has 1 aromatic heterocycles. The summed E-state index contributed by atoms with van der Waals surface area (Å²) in [4.78, 5) is 30.7. The first kappa shape index (κ1) is 26.0. The average molecular weight is 513 g/mol. The summed E-state index contributed by atoms with van der Waals surface area (Å²) in [6, 6.07) is 11.2. The second-order valence-electron chi connectivity index (χ2n) is 7.39. The number of carbonyl (C=O) groups excluding carboxylic acids is 2. The van der Waals surface area contributed by atoms with E-state index in [4.69, 9.17) is 10.5 Å². The zero-order valence-corrected chi connectivity index (χ0v) is 18.7. The number of fused-ring (bicyclic) bond motifs is 1. The third-order valence-corrected chi connectivity index (χ3v) is 5.12. The van der Waals surface area contributed by atoms with Gasteiger partial charge in [0.1, 0.15) is 11.6 Å². The highest BCUT2D eigenvalue weighted by molar-refractivity contribution is 6.04. The number of ether oxygens (including phenoxy) is 2. The molecule has 2 amide bonds. The van der Waals surface area contributed by atoms with Gasteiger partial charge < -0.3 is 30.5 Å². The van der Waals surface area contributed by atoms with E-state index in [2.05, 4.69) is 15.0 Å². The predicted molar refractivity (Wildman–Crippen MR) is 123 cm³/mol. The number of morpholine rings is 1. The monoisotopic (exact) mass is 512 g/mol. The van der Waals surface area contributed by atoms with Gasteiger partial charge in [-0.05, 0) is 53.9 Å². The third-order valence-electron chi connectivity index (χ3n) is 5.12. The summed E-state index contributed by atoms with van der Waals surface area (Å²) in [5.74, 6) is -1.69. The van der Waals surface area contributed by atoms with Crippen LogP contribution in [0.5, 0.6) is 5.75 Å². The fraction of sp³-hybridized carbons (Fsp3) is 0.227. The van der Waals surface area contributed by atoms with Crippen LogP contribution in [0.15, 0.2) is 54.7 Å². The van der Waals surface area contributed by atoms with E-state index in [1.165, 1.54) is 23.2 Å². The lowest BCUT2D eigenvalue weighted by Crippen LogP contribution is -2.55. The smallest absolute Gasteiger partial charge is 0.406 e. The molecule has 1 aliphatic rings. The second-order valence-corrected chi connectivity index (χ2v) is 7.39. The number of nitrogens with zero attached hydrogens (tertiary/aromatic N) is 2. The quantitative estimate of drug-likeness (QED) is 0.479. The molecule has 2 atom stereocenters. The number of nitrogens with one attached hydrogen (secondary N) is 1. The number of nitrogens with two attached hydrogens (primary N) is 1. The number of pyridine rings is 1. The van der Waals surface area contributed by atoms with E-state index in [0.29, 0.717) is 22.3 Å². The summed E-state index contributed by atoms with van der Waals surface area (Å²) in [5, 5.41) is 14.4. The summed E-state index contributed by atoms with van der Waals surface area (Å²) in [6.45, 7) is 0.0904. The van der Waals surface area contributed by atoms with Crippen LogP contribution in [0.2, 0.25) is 0 Å². The fourth-order valence-electron chi connectivity index (χ4n) is 3.55. The van der Waals surface area contributed by atoms with Gasteiger partial charge in [0.05, 0.1) is 6.61 Å². The number of alkyl halides is 3. The molecule has 1 saturated heterocycles. The van der Waals surface area contributed by atoms with E-state index < -0.39 is 36.1 Å². The van der Waals surface area contributed by atoms with Gasteiger partial charge in [-0.2, -0.15) is 0 Å². The maximum Gasteiger partial charge on any atom is 0.573 e. The van der Waals surface area contributed by atoms with Crippen molar-refractivity contribution in [1.82, 2.24) is 4.98 Å². The number of nitrogen functional groups attached to an aromatic ring is 1. The van der Waals surface area contributed by atoms with Crippen LogP contribution in [0.1, 0.15) is 0 Å². The Bertz CT molecular complexity index is 1230. The maximum absolute atomic E-state index is 12.9. The largest absolute Gasteiger partial charge is 0.573 e. The molecule has 0 bridgehead atoms. The minimum Gasteiger partial charge on any atom is -0.406 e. The molecule has 2 heterocycles. The number of amides is 2. The van der Waals surface area contributed by atoms with Crippen LogP contribution in [0.4, 0.5) is 30.4 Å². The van der Waals surface area contributed by atoms with E-state index in [1.807, 2.05) is 0 Å².